The molecule has 0 N–H and O–H groups in total. The van der Waals surface area contributed by atoms with Crippen molar-refractivity contribution in [3.05, 3.63) is 57.8 Å². The Bertz CT molecular complexity index is 568. The number of carbonyl (C=O) groups is 2. The summed E-state index contributed by atoms with van der Waals surface area (Å²) in [5, 5.41) is 1.85. The normalized spacial score (nSPS) is 10.4. The molecule has 1 aromatic carbocycles. The highest BCUT2D eigenvalue weighted by molar-refractivity contribution is 7.12. The Morgan fingerprint density at radius 2 is 1.80 bits per heavy atom. The van der Waals surface area contributed by atoms with Gasteiger partial charge in [-0.25, -0.2) is 0 Å². The summed E-state index contributed by atoms with van der Waals surface area (Å²) >= 11 is 1.38. The van der Waals surface area contributed by atoms with Crippen LogP contribution < -0.4 is 0 Å². The second kappa shape index (κ2) is 7.15. The molecule has 0 atom stereocenters. The number of aryl methyl sites for hydroxylation is 1. The second-order valence-electron chi connectivity index (χ2n) is 4.80. The van der Waals surface area contributed by atoms with Gasteiger partial charge < -0.3 is 0 Å². The third-order valence-electron chi connectivity index (χ3n) is 3.21. The molecule has 1 aromatic heterocycles. The van der Waals surface area contributed by atoms with E-state index in [1.165, 1.54) is 16.9 Å². The van der Waals surface area contributed by atoms with E-state index in [1.807, 2.05) is 35.7 Å². The number of unbranched alkanes of at least 4 members (excludes halogenated alkanes) is 1. The molecule has 104 valence electrons. The molecule has 20 heavy (non-hydrogen) atoms. The van der Waals surface area contributed by atoms with Crippen molar-refractivity contribution >= 4 is 22.9 Å². The average molecular weight is 286 g/mol. The van der Waals surface area contributed by atoms with Crippen molar-refractivity contribution in [2.75, 3.05) is 0 Å². The molecule has 0 spiro atoms. The first-order chi connectivity index (χ1) is 9.70. The van der Waals surface area contributed by atoms with E-state index in [9.17, 15) is 9.59 Å². The van der Waals surface area contributed by atoms with Gasteiger partial charge in [0.05, 0.1) is 11.3 Å². The summed E-state index contributed by atoms with van der Waals surface area (Å²) in [6, 6.07) is 11.2. The lowest BCUT2D eigenvalue weighted by atomic mass is 10.0. The Labute approximate surface area is 123 Å². The molecule has 0 saturated heterocycles. The zero-order valence-corrected chi connectivity index (χ0v) is 12.4. The van der Waals surface area contributed by atoms with Crippen molar-refractivity contribution in [1.82, 2.24) is 0 Å². The van der Waals surface area contributed by atoms with Crippen LogP contribution in [-0.2, 0) is 6.42 Å². The molecule has 0 aliphatic heterocycles. The molecule has 1 heterocycles. The van der Waals surface area contributed by atoms with Crippen LogP contribution in [0.4, 0.5) is 0 Å². The Morgan fingerprint density at radius 3 is 2.40 bits per heavy atom. The molecule has 0 radical (unpaired) electrons. The van der Waals surface area contributed by atoms with Crippen molar-refractivity contribution in [2.24, 2.45) is 0 Å². The summed E-state index contributed by atoms with van der Waals surface area (Å²) < 4.78 is 0. The van der Waals surface area contributed by atoms with Gasteiger partial charge in [0.25, 0.3) is 0 Å². The Kier molecular flexibility index (Phi) is 5.24. The van der Waals surface area contributed by atoms with Crippen molar-refractivity contribution in [3.63, 3.8) is 0 Å². The van der Waals surface area contributed by atoms with E-state index in [0.29, 0.717) is 10.4 Å². The fraction of sp³-hybridized carbons (Fsp3) is 0.294. The number of benzene rings is 1. The van der Waals surface area contributed by atoms with Gasteiger partial charge in [0.1, 0.15) is 0 Å². The predicted molar refractivity (Wildman–Crippen MR) is 82.7 cm³/mol. The van der Waals surface area contributed by atoms with Crippen LogP contribution in [0.15, 0.2) is 41.8 Å². The number of hydrogen-bond acceptors (Lipinski definition) is 3. The second-order valence-corrected chi connectivity index (χ2v) is 5.75. The monoisotopic (exact) mass is 286 g/mol. The lowest BCUT2D eigenvalue weighted by molar-refractivity contribution is 0.0896. The molecular weight excluding hydrogens is 268 g/mol. The van der Waals surface area contributed by atoms with Crippen molar-refractivity contribution in [1.29, 1.82) is 0 Å². The van der Waals surface area contributed by atoms with Crippen LogP contribution in [0.1, 0.15) is 51.8 Å². The average Bonchev–Trinajstić information content (AvgIpc) is 3.00. The molecule has 0 amide bonds. The highest BCUT2D eigenvalue weighted by Crippen LogP contribution is 2.14. The number of thiophene rings is 1. The quantitative estimate of drug-likeness (QED) is 0.553. The lowest BCUT2D eigenvalue weighted by Gasteiger charge is -2.03. The number of Topliss-reactive ketones (excluding diaryl/α,β-unsaturated/α-hetero) is 2. The Hall–Kier alpha value is -1.74. The molecule has 2 aromatic rings. The van der Waals surface area contributed by atoms with E-state index in [0.717, 1.165) is 19.3 Å². The zero-order chi connectivity index (χ0) is 14.4. The van der Waals surface area contributed by atoms with Gasteiger partial charge in [-0.3, -0.25) is 9.59 Å². The first kappa shape index (κ1) is 14.7. The molecule has 3 heteroatoms. The van der Waals surface area contributed by atoms with Gasteiger partial charge in [-0.05, 0) is 29.9 Å². The molecule has 0 bridgehead atoms. The summed E-state index contributed by atoms with van der Waals surface area (Å²) in [6.07, 6.45) is 3.31. The van der Waals surface area contributed by atoms with Crippen LogP contribution in [-0.4, -0.2) is 11.6 Å². The van der Waals surface area contributed by atoms with Gasteiger partial charge in [-0.2, -0.15) is 0 Å². The van der Waals surface area contributed by atoms with Crippen LogP contribution in [0.25, 0.3) is 0 Å². The molecule has 0 unspecified atom stereocenters. The maximum absolute atomic E-state index is 12.1. The standard InChI is InChI=1S/C17H18O2S/c1-2-3-5-13-7-9-14(10-8-13)15(18)12-16(19)17-6-4-11-20-17/h4,6-11H,2-3,5,12H2,1H3. The van der Waals surface area contributed by atoms with Gasteiger partial charge in [0.2, 0.25) is 0 Å². The van der Waals surface area contributed by atoms with E-state index in [4.69, 9.17) is 0 Å². The Morgan fingerprint density at radius 1 is 1.05 bits per heavy atom. The van der Waals surface area contributed by atoms with Crippen LogP contribution >= 0.6 is 11.3 Å². The minimum absolute atomic E-state index is 0.0468. The van der Waals surface area contributed by atoms with E-state index < -0.39 is 0 Å². The van der Waals surface area contributed by atoms with Crippen molar-refractivity contribution < 1.29 is 9.59 Å². The molecule has 2 nitrogen and oxygen atoms in total. The van der Waals surface area contributed by atoms with Crippen LogP contribution in [0, 0.1) is 0 Å². The molecular formula is C17H18O2S. The summed E-state index contributed by atoms with van der Waals surface area (Å²) in [5.74, 6) is -0.203. The van der Waals surface area contributed by atoms with Gasteiger partial charge in [-0.15, -0.1) is 11.3 Å². The topological polar surface area (TPSA) is 34.1 Å². The van der Waals surface area contributed by atoms with E-state index in [1.54, 1.807) is 6.07 Å². The SMILES string of the molecule is CCCCc1ccc(C(=O)CC(=O)c2cccs2)cc1. The number of hydrogen-bond donors (Lipinski definition) is 0. The fourth-order valence-corrected chi connectivity index (χ4v) is 2.67. The Balaban J connectivity index is 1.97. The fourth-order valence-electron chi connectivity index (χ4n) is 2.01. The van der Waals surface area contributed by atoms with Crippen LogP contribution in [0.3, 0.4) is 0 Å². The van der Waals surface area contributed by atoms with Gasteiger partial charge >= 0.3 is 0 Å². The molecule has 0 saturated carbocycles. The minimum atomic E-state index is -0.106. The predicted octanol–water partition coefficient (Wildman–Crippen LogP) is 4.55. The summed E-state index contributed by atoms with van der Waals surface area (Å²) in [5.41, 5.74) is 1.86. The number of carbonyl (C=O) groups excluding carboxylic acids is 2. The summed E-state index contributed by atoms with van der Waals surface area (Å²) in [6.45, 7) is 2.16. The lowest BCUT2D eigenvalue weighted by Crippen LogP contribution is -2.07. The van der Waals surface area contributed by atoms with Crippen molar-refractivity contribution in [3.8, 4) is 0 Å². The van der Waals surface area contributed by atoms with Gasteiger partial charge in [0, 0.05) is 5.56 Å². The minimum Gasteiger partial charge on any atom is -0.294 e. The third kappa shape index (κ3) is 3.87. The highest BCUT2D eigenvalue weighted by Gasteiger charge is 2.14. The molecule has 0 aliphatic carbocycles. The summed E-state index contributed by atoms with van der Waals surface area (Å²) in [4.78, 5) is 24.6. The van der Waals surface area contributed by atoms with Crippen LogP contribution in [0.5, 0.6) is 0 Å². The maximum Gasteiger partial charge on any atom is 0.180 e. The third-order valence-corrected chi connectivity index (χ3v) is 4.12. The first-order valence-electron chi connectivity index (χ1n) is 6.89. The maximum atomic E-state index is 12.1. The highest BCUT2D eigenvalue weighted by atomic mass is 32.1. The number of rotatable bonds is 7. The largest absolute Gasteiger partial charge is 0.294 e. The van der Waals surface area contributed by atoms with Gasteiger partial charge in [-0.1, -0.05) is 43.7 Å². The summed E-state index contributed by atoms with van der Waals surface area (Å²) in [7, 11) is 0. The van der Waals surface area contributed by atoms with E-state index >= 15 is 0 Å². The first-order valence-corrected chi connectivity index (χ1v) is 7.77. The smallest absolute Gasteiger partial charge is 0.180 e. The molecule has 0 aliphatic rings. The van der Waals surface area contributed by atoms with Crippen LogP contribution in [0.2, 0.25) is 0 Å². The molecule has 0 fully saturated rings. The van der Waals surface area contributed by atoms with E-state index in [-0.39, 0.29) is 18.0 Å². The zero-order valence-electron chi connectivity index (χ0n) is 11.6. The number of ketones is 2. The molecule has 2 rings (SSSR count). The van der Waals surface area contributed by atoms with Crippen molar-refractivity contribution in [2.45, 2.75) is 32.6 Å². The van der Waals surface area contributed by atoms with Gasteiger partial charge in [0.15, 0.2) is 11.6 Å². The van der Waals surface area contributed by atoms with E-state index in [2.05, 4.69) is 6.92 Å².